The van der Waals surface area contributed by atoms with Crippen molar-refractivity contribution in [1.29, 1.82) is 5.26 Å². The summed E-state index contributed by atoms with van der Waals surface area (Å²) in [7, 11) is -2.38. The predicted molar refractivity (Wildman–Crippen MR) is 85.3 cm³/mol. The second kappa shape index (κ2) is 5.76. The maximum atomic E-state index is 12.6. The minimum atomic E-state index is -3.80. The van der Waals surface area contributed by atoms with Crippen LogP contribution in [0.1, 0.15) is 5.56 Å². The van der Waals surface area contributed by atoms with Crippen molar-refractivity contribution in [2.45, 2.75) is 4.90 Å². The molecule has 2 aromatic carbocycles. The van der Waals surface area contributed by atoms with Crippen LogP contribution in [0, 0.1) is 11.3 Å². The lowest BCUT2D eigenvalue weighted by atomic mass is 10.2. The van der Waals surface area contributed by atoms with Crippen LogP contribution in [0.5, 0.6) is 0 Å². The minimum Gasteiger partial charge on any atom is -0.398 e. The Balaban J connectivity index is 2.53. The molecule has 5 nitrogen and oxygen atoms in total. The Morgan fingerprint density at radius 1 is 1.24 bits per heavy atom. The van der Waals surface area contributed by atoms with E-state index in [1.165, 1.54) is 25.2 Å². The van der Waals surface area contributed by atoms with Crippen molar-refractivity contribution in [1.82, 2.24) is 0 Å². The number of rotatable bonds is 3. The number of sulfonamides is 1. The van der Waals surface area contributed by atoms with Crippen molar-refractivity contribution in [2.75, 3.05) is 17.1 Å². The number of nitriles is 1. The van der Waals surface area contributed by atoms with E-state index in [0.29, 0.717) is 15.7 Å². The molecule has 0 aliphatic heterocycles. The highest BCUT2D eigenvalue weighted by Crippen LogP contribution is 2.28. The maximum absolute atomic E-state index is 12.6. The van der Waals surface area contributed by atoms with E-state index in [1.54, 1.807) is 24.3 Å². The zero-order valence-corrected chi connectivity index (χ0v) is 13.5. The second-order valence-electron chi connectivity index (χ2n) is 4.32. The molecule has 0 fully saturated rings. The highest BCUT2D eigenvalue weighted by molar-refractivity contribution is 9.10. The molecule has 0 aliphatic carbocycles. The van der Waals surface area contributed by atoms with Gasteiger partial charge in [0.25, 0.3) is 10.0 Å². The molecule has 0 bridgehead atoms. The van der Waals surface area contributed by atoms with Crippen LogP contribution in [0.4, 0.5) is 11.4 Å². The van der Waals surface area contributed by atoms with Crippen LogP contribution in [0.2, 0.25) is 0 Å². The summed E-state index contributed by atoms with van der Waals surface area (Å²) in [5, 5.41) is 8.90. The standard InChI is InChI=1S/C14H12BrN3O2S/c1-18(12-4-2-3-10(7-12)9-16)21(19,20)14-8-11(15)5-6-13(14)17/h2-8H,17H2,1H3. The molecular formula is C14H12BrN3O2S. The van der Waals surface area contributed by atoms with E-state index in [2.05, 4.69) is 15.9 Å². The molecule has 2 N–H and O–H groups in total. The molecule has 0 saturated heterocycles. The monoisotopic (exact) mass is 365 g/mol. The van der Waals surface area contributed by atoms with Gasteiger partial charge in [-0.25, -0.2) is 8.42 Å². The van der Waals surface area contributed by atoms with Gasteiger partial charge < -0.3 is 5.73 Å². The van der Waals surface area contributed by atoms with E-state index < -0.39 is 10.0 Å². The van der Waals surface area contributed by atoms with Gasteiger partial charge in [-0.1, -0.05) is 22.0 Å². The Hall–Kier alpha value is -2.04. The number of benzene rings is 2. The number of anilines is 2. The molecule has 0 unspecified atom stereocenters. The van der Waals surface area contributed by atoms with Crippen LogP contribution in [-0.2, 0) is 10.0 Å². The Morgan fingerprint density at radius 3 is 2.62 bits per heavy atom. The van der Waals surface area contributed by atoms with E-state index in [-0.39, 0.29) is 10.6 Å². The van der Waals surface area contributed by atoms with Crippen molar-refractivity contribution in [2.24, 2.45) is 0 Å². The topological polar surface area (TPSA) is 87.2 Å². The molecule has 21 heavy (non-hydrogen) atoms. The Labute approximate surface area is 131 Å². The van der Waals surface area contributed by atoms with Crippen LogP contribution in [0.25, 0.3) is 0 Å². The highest BCUT2D eigenvalue weighted by atomic mass is 79.9. The van der Waals surface area contributed by atoms with Crippen molar-refractivity contribution in [3.63, 3.8) is 0 Å². The molecule has 108 valence electrons. The molecule has 0 spiro atoms. The van der Waals surface area contributed by atoms with Gasteiger partial charge in [-0.05, 0) is 36.4 Å². The fourth-order valence-corrected chi connectivity index (χ4v) is 3.63. The number of hydrogen-bond acceptors (Lipinski definition) is 4. The number of hydrogen-bond donors (Lipinski definition) is 1. The van der Waals surface area contributed by atoms with Gasteiger partial charge in [-0.15, -0.1) is 0 Å². The third kappa shape index (κ3) is 3.01. The first-order chi connectivity index (χ1) is 9.86. The van der Waals surface area contributed by atoms with Crippen LogP contribution in [-0.4, -0.2) is 15.5 Å². The number of nitrogen functional groups attached to an aromatic ring is 1. The molecule has 2 aromatic rings. The van der Waals surface area contributed by atoms with Gasteiger partial charge >= 0.3 is 0 Å². The number of nitrogens with zero attached hydrogens (tertiary/aromatic N) is 2. The summed E-state index contributed by atoms with van der Waals surface area (Å²) in [6.45, 7) is 0. The SMILES string of the molecule is CN(c1cccc(C#N)c1)S(=O)(=O)c1cc(Br)ccc1N. The first-order valence-corrected chi connectivity index (χ1v) is 8.13. The van der Waals surface area contributed by atoms with Gasteiger partial charge in [0.2, 0.25) is 0 Å². The summed E-state index contributed by atoms with van der Waals surface area (Å²) in [5.74, 6) is 0. The van der Waals surface area contributed by atoms with E-state index in [9.17, 15) is 8.42 Å². The van der Waals surface area contributed by atoms with Crippen LogP contribution in [0.15, 0.2) is 51.8 Å². The summed E-state index contributed by atoms with van der Waals surface area (Å²) >= 11 is 3.24. The molecular weight excluding hydrogens is 354 g/mol. The largest absolute Gasteiger partial charge is 0.398 e. The van der Waals surface area contributed by atoms with Crippen LogP contribution < -0.4 is 10.0 Å². The average Bonchev–Trinajstić information content (AvgIpc) is 2.48. The summed E-state index contributed by atoms with van der Waals surface area (Å²) in [6, 6.07) is 13.0. The molecule has 0 aliphatic rings. The van der Waals surface area contributed by atoms with Gasteiger partial charge in [0.15, 0.2) is 0 Å². The lowest BCUT2D eigenvalue weighted by Crippen LogP contribution is -2.27. The third-order valence-corrected chi connectivity index (χ3v) is 5.29. The smallest absolute Gasteiger partial charge is 0.266 e. The number of nitrogens with two attached hydrogens (primary N) is 1. The molecule has 0 radical (unpaired) electrons. The molecule has 7 heteroatoms. The molecule has 0 atom stereocenters. The Morgan fingerprint density at radius 2 is 1.95 bits per heavy atom. The fourth-order valence-electron chi connectivity index (χ4n) is 1.79. The maximum Gasteiger partial charge on any atom is 0.266 e. The first-order valence-electron chi connectivity index (χ1n) is 5.90. The second-order valence-corrected chi connectivity index (χ2v) is 7.17. The molecule has 0 saturated carbocycles. The van der Waals surface area contributed by atoms with E-state index in [1.807, 2.05) is 6.07 Å². The van der Waals surface area contributed by atoms with Crippen molar-refractivity contribution < 1.29 is 8.42 Å². The molecule has 0 amide bonds. The van der Waals surface area contributed by atoms with E-state index in [0.717, 1.165) is 4.31 Å². The molecule has 0 aromatic heterocycles. The van der Waals surface area contributed by atoms with Crippen LogP contribution >= 0.6 is 15.9 Å². The summed E-state index contributed by atoms with van der Waals surface area (Å²) in [5.41, 5.74) is 6.72. The van der Waals surface area contributed by atoms with E-state index in [4.69, 9.17) is 11.0 Å². The zero-order chi connectivity index (χ0) is 15.6. The Bertz CT molecular complexity index is 828. The van der Waals surface area contributed by atoms with Crippen molar-refractivity contribution in [3.8, 4) is 6.07 Å². The lowest BCUT2D eigenvalue weighted by molar-refractivity contribution is 0.594. The lowest BCUT2D eigenvalue weighted by Gasteiger charge is -2.20. The van der Waals surface area contributed by atoms with Gasteiger partial charge in [0.05, 0.1) is 23.0 Å². The Kier molecular flexibility index (Phi) is 4.21. The normalized spacial score (nSPS) is 10.9. The average molecular weight is 366 g/mol. The third-order valence-electron chi connectivity index (χ3n) is 2.95. The predicted octanol–water partition coefficient (Wildman–Crippen LogP) is 2.73. The fraction of sp³-hybridized carbons (Fsp3) is 0.0714. The quantitative estimate of drug-likeness (QED) is 0.847. The molecule has 2 rings (SSSR count). The summed E-state index contributed by atoms with van der Waals surface area (Å²) < 4.78 is 27.0. The summed E-state index contributed by atoms with van der Waals surface area (Å²) in [6.07, 6.45) is 0. The zero-order valence-electron chi connectivity index (χ0n) is 11.1. The van der Waals surface area contributed by atoms with Gasteiger partial charge in [-0.3, -0.25) is 4.31 Å². The van der Waals surface area contributed by atoms with Crippen LogP contribution in [0.3, 0.4) is 0 Å². The highest BCUT2D eigenvalue weighted by Gasteiger charge is 2.24. The first kappa shape index (κ1) is 15.4. The summed E-state index contributed by atoms with van der Waals surface area (Å²) in [4.78, 5) is 0.0155. The van der Waals surface area contributed by atoms with Crippen molar-refractivity contribution >= 4 is 37.3 Å². The van der Waals surface area contributed by atoms with Crippen molar-refractivity contribution in [3.05, 3.63) is 52.5 Å². The molecule has 0 heterocycles. The van der Waals surface area contributed by atoms with E-state index >= 15 is 0 Å². The number of halogens is 1. The van der Waals surface area contributed by atoms with Gasteiger partial charge in [0.1, 0.15) is 4.90 Å². The van der Waals surface area contributed by atoms with Gasteiger partial charge in [0, 0.05) is 11.5 Å². The minimum absolute atomic E-state index is 0.0155. The van der Waals surface area contributed by atoms with Gasteiger partial charge in [-0.2, -0.15) is 5.26 Å².